The summed E-state index contributed by atoms with van der Waals surface area (Å²) >= 11 is 0. The van der Waals surface area contributed by atoms with Crippen LogP contribution in [-0.2, 0) is 4.74 Å². The van der Waals surface area contributed by atoms with Crippen molar-refractivity contribution in [2.24, 2.45) is 0 Å². The molecular weight excluding hydrogens is 380 g/mol. The van der Waals surface area contributed by atoms with E-state index in [-0.39, 0.29) is 18.4 Å². The van der Waals surface area contributed by atoms with Crippen molar-refractivity contribution in [2.45, 2.75) is 6.92 Å². The Labute approximate surface area is 175 Å². The molecule has 0 saturated heterocycles. The second-order valence-electron chi connectivity index (χ2n) is 6.54. The largest absolute Gasteiger partial charge is 0.462 e. The van der Waals surface area contributed by atoms with Crippen LogP contribution < -0.4 is 10.2 Å². The molecule has 30 heavy (non-hydrogen) atoms. The maximum Gasteiger partial charge on any atom is 0.338 e. The molecule has 6 heteroatoms. The summed E-state index contributed by atoms with van der Waals surface area (Å²) in [5, 5.41) is 2.75. The molecule has 2 amide bonds. The predicted molar refractivity (Wildman–Crippen MR) is 116 cm³/mol. The number of hydrogen-bond acceptors (Lipinski definition) is 4. The van der Waals surface area contributed by atoms with Gasteiger partial charge in [-0.1, -0.05) is 30.3 Å². The summed E-state index contributed by atoms with van der Waals surface area (Å²) in [5.41, 5.74) is 2.30. The number of carbonyl (C=O) groups excluding carboxylic acids is 3. The Balaban J connectivity index is 1.76. The Hall–Kier alpha value is -3.93. The van der Waals surface area contributed by atoms with Crippen LogP contribution in [0.2, 0.25) is 0 Å². The summed E-state index contributed by atoms with van der Waals surface area (Å²) in [6.07, 6.45) is 0. The summed E-state index contributed by atoms with van der Waals surface area (Å²) in [7, 11) is 1.69. The molecule has 0 aliphatic heterocycles. The van der Waals surface area contributed by atoms with Crippen LogP contribution in [0.25, 0.3) is 0 Å². The Bertz CT molecular complexity index is 1060. The topological polar surface area (TPSA) is 75.7 Å². The fourth-order valence-corrected chi connectivity index (χ4v) is 2.90. The number of rotatable bonds is 6. The molecule has 3 aromatic carbocycles. The van der Waals surface area contributed by atoms with E-state index in [9.17, 15) is 14.4 Å². The van der Waals surface area contributed by atoms with Gasteiger partial charge in [0.1, 0.15) is 0 Å². The highest BCUT2D eigenvalue weighted by Crippen LogP contribution is 2.17. The molecule has 0 heterocycles. The molecule has 0 aliphatic rings. The maximum absolute atomic E-state index is 12.8. The summed E-state index contributed by atoms with van der Waals surface area (Å²) < 4.78 is 4.98. The third-order valence-corrected chi connectivity index (χ3v) is 4.45. The molecule has 3 aromatic rings. The second-order valence-corrected chi connectivity index (χ2v) is 6.54. The molecule has 0 saturated carbocycles. The van der Waals surface area contributed by atoms with Gasteiger partial charge in [0, 0.05) is 29.5 Å². The molecule has 6 nitrogen and oxygen atoms in total. The zero-order valence-corrected chi connectivity index (χ0v) is 16.8. The minimum absolute atomic E-state index is 0.222. The minimum atomic E-state index is -0.454. The van der Waals surface area contributed by atoms with Gasteiger partial charge >= 0.3 is 5.97 Å². The first-order chi connectivity index (χ1) is 14.5. The fourth-order valence-electron chi connectivity index (χ4n) is 2.90. The number of nitrogens with one attached hydrogen (secondary N) is 1. The lowest BCUT2D eigenvalue weighted by Gasteiger charge is -2.17. The van der Waals surface area contributed by atoms with Gasteiger partial charge in [0.2, 0.25) is 0 Å². The van der Waals surface area contributed by atoms with E-state index in [1.807, 2.05) is 30.3 Å². The van der Waals surface area contributed by atoms with E-state index in [1.54, 1.807) is 62.5 Å². The molecule has 152 valence electrons. The molecule has 0 fully saturated rings. The van der Waals surface area contributed by atoms with E-state index in [1.165, 1.54) is 4.90 Å². The Kier molecular flexibility index (Phi) is 6.60. The highest BCUT2D eigenvalue weighted by Gasteiger charge is 2.16. The zero-order chi connectivity index (χ0) is 21.5. The van der Waals surface area contributed by atoms with Gasteiger partial charge in [-0.05, 0) is 55.5 Å². The number of benzene rings is 3. The number of anilines is 2. The number of nitrogens with zero attached hydrogens (tertiary/aromatic N) is 1. The average Bonchev–Trinajstić information content (AvgIpc) is 2.79. The fraction of sp³-hybridized carbons (Fsp3) is 0.125. The zero-order valence-electron chi connectivity index (χ0n) is 16.8. The van der Waals surface area contributed by atoms with Crippen molar-refractivity contribution in [2.75, 3.05) is 23.9 Å². The van der Waals surface area contributed by atoms with Crippen molar-refractivity contribution in [3.8, 4) is 0 Å². The van der Waals surface area contributed by atoms with E-state index in [2.05, 4.69) is 5.32 Å². The summed E-state index contributed by atoms with van der Waals surface area (Å²) in [4.78, 5) is 38.9. The molecule has 0 atom stereocenters. The number of hydrogen-bond donors (Lipinski definition) is 1. The van der Waals surface area contributed by atoms with E-state index in [4.69, 9.17) is 4.74 Å². The quantitative estimate of drug-likeness (QED) is 0.621. The summed E-state index contributed by atoms with van der Waals surface area (Å²) in [5.74, 6) is -1.06. The highest BCUT2D eigenvalue weighted by atomic mass is 16.5. The average molecular weight is 402 g/mol. The molecule has 0 unspecified atom stereocenters. The monoisotopic (exact) mass is 402 g/mol. The van der Waals surface area contributed by atoms with E-state index < -0.39 is 5.97 Å². The minimum Gasteiger partial charge on any atom is -0.462 e. The van der Waals surface area contributed by atoms with E-state index in [0.717, 1.165) is 5.69 Å². The van der Waals surface area contributed by atoms with Crippen molar-refractivity contribution < 1.29 is 19.1 Å². The van der Waals surface area contributed by atoms with E-state index >= 15 is 0 Å². The molecule has 0 aliphatic carbocycles. The molecular formula is C24H22N2O4. The summed E-state index contributed by atoms with van der Waals surface area (Å²) in [6.45, 7) is 2.00. The SMILES string of the molecule is CCOC(=O)c1cccc(NC(=O)c2cccc(C(=O)N(C)c3ccccc3)c2)c1. The van der Waals surface area contributed by atoms with Crippen LogP contribution >= 0.6 is 0 Å². The Morgan fingerprint density at radius 2 is 1.50 bits per heavy atom. The smallest absolute Gasteiger partial charge is 0.338 e. The number of amides is 2. The van der Waals surface area contributed by atoms with Crippen LogP contribution in [0.4, 0.5) is 11.4 Å². The lowest BCUT2D eigenvalue weighted by Crippen LogP contribution is -2.26. The molecule has 0 aromatic heterocycles. The third kappa shape index (κ3) is 4.91. The predicted octanol–water partition coefficient (Wildman–Crippen LogP) is 4.39. The first-order valence-corrected chi connectivity index (χ1v) is 9.51. The van der Waals surface area contributed by atoms with Crippen molar-refractivity contribution in [3.05, 3.63) is 95.6 Å². The third-order valence-electron chi connectivity index (χ3n) is 4.45. The van der Waals surface area contributed by atoms with Gasteiger partial charge in [-0.2, -0.15) is 0 Å². The standard InChI is InChI=1S/C24H22N2O4/c1-3-30-24(29)19-11-8-12-20(16-19)25-22(27)17-9-7-10-18(15-17)23(28)26(2)21-13-5-4-6-14-21/h4-16H,3H2,1-2H3,(H,25,27). The van der Waals surface area contributed by atoms with Crippen molar-refractivity contribution in [1.29, 1.82) is 0 Å². The number of ether oxygens (including phenoxy) is 1. The number of esters is 1. The van der Waals surface area contributed by atoms with Crippen LogP contribution in [0.5, 0.6) is 0 Å². The van der Waals surface area contributed by atoms with Gasteiger partial charge in [-0.15, -0.1) is 0 Å². The van der Waals surface area contributed by atoms with Gasteiger partial charge in [0.15, 0.2) is 0 Å². The van der Waals surface area contributed by atoms with Gasteiger partial charge in [-0.25, -0.2) is 4.79 Å². The number of carbonyl (C=O) groups is 3. The molecule has 3 rings (SSSR count). The van der Waals surface area contributed by atoms with Crippen molar-refractivity contribution in [1.82, 2.24) is 0 Å². The second kappa shape index (κ2) is 9.52. The van der Waals surface area contributed by atoms with Gasteiger partial charge in [-0.3, -0.25) is 9.59 Å². The van der Waals surface area contributed by atoms with Crippen molar-refractivity contribution in [3.63, 3.8) is 0 Å². The lowest BCUT2D eigenvalue weighted by molar-refractivity contribution is 0.0526. The van der Waals surface area contributed by atoms with Gasteiger partial charge < -0.3 is 15.0 Å². The van der Waals surface area contributed by atoms with Crippen LogP contribution in [0.15, 0.2) is 78.9 Å². The molecule has 0 bridgehead atoms. The van der Waals surface area contributed by atoms with Crippen LogP contribution in [0.3, 0.4) is 0 Å². The molecule has 0 radical (unpaired) electrons. The molecule has 0 spiro atoms. The number of para-hydroxylation sites is 1. The maximum atomic E-state index is 12.8. The van der Waals surface area contributed by atoms with Crippen LogP contribution in [0.1, 0.15) is 38.0 Å². The lowest BCUT2D eigenvalue weighted by atomic mass is 10.1. The first kappa shape index (κ1) is 20.8. The highest BCUT2D eigenvalue weighted by molar-refractivity contribution is 6.09. The van der Waals surface area contributed by atoms with Crippen molar-refractivity contribution >= 4 is 29.2 Å². The van der Waals surface area contributed by atoms with Gasteiger partial charge in [0.25, 0.3) is 11.8 Å². The summed E-state index contributed by atoms with van der Waals surface area (Å²) in [6, 6.07) is 22.3. The van der Waals surface area contributed by atoms with Crippen LogP contribution in [-0.4, -0.2) is 31.4 Å². The van der Waals surface area contributed by atoms with Gasteiger partial charge in [0.05, 0.1) is 12.2 Å². The van der Waals surface area contributed by atoms with Crippen LogP contribution in [0, 0.1) is 0 Å². The van der Waals surface area contributed by atoms with E-state index in [0.29, 0.717) is 22.4 Å². The Morgan fingerprint density at radius 1 is 0.833 bits per heavy atom. The normalized spacial score (nSPS) is 10.2. The Morgan fingerprint density at radius 3 is 2.23 bits per heavy atom. The molecule has 1 N–H and O–H groups in total. The first-order valence-electron chi connectivity index (χ1n) is 9.51.